The molecule has 0 spiro atoms. The third-order valence-electron chi connectivity index (χ3n) is 3.16. The van der Waals surface area contributed by atoms with Crippen molar-refractivity contribution in [1.82, 2.24) is 5.32 Å². The van der Waals surface area contributed by atoms with E-state index in [2.05, 4.69) is 12.2 Å². The Balaban J connectivity index is 3.02. The number of benzene rings is 1. The lowest BCUT2D eigenvalue weighted by Crippen LogP contribution is -2.42. The lowest BCUT2D eigenvalue weighted by molar-refractivity contribution is -0.144. The number of rotatable bonds is 5. The minimum absolute atomic E-state index is 0.234. The third-order valence-corrected chi connectivity index (χ3v) is 3.16. The van der Waals surface area contributed by atoms with Gasteiger partial charge in [-0.3, -0.25) is 4.79 Å². The maximum Gasteiger partial charge on any atom is 0.328 e. The van der Waals surface area contributed by atoms with Crippen LogP contribution in [-0.4, -0.2) is 25.0 Å². The Hall–Kier alpha value is -1.84. The van der Waals surface area contributed by atoms with Gasteiger partial charge in [0.05, 0.1) is 7.11 Å². The Morgan fingerprint density at radius 3 is 2.58 bits per heavy atom. The Kier molecular flexibility index (Phi) is 5.55. The van der Waals surface area contributed by atoms with Crippen molar-refractivity contribution in [2.24, 2.45) is 0 Å². The van der Waals surface area contributed by atoms with E-state index in [4.69, 9.17) is 4.74 Å². The molecule has 0 aromatic heterocycles. The van der Waals surface area contributed by atoms with E-state index in [9.17, 15) is 9.59 Å². The first-order valence-corrected chi connectivity index (χ1v) is 6.41. The topological polar surface area (TPSA) is 55.4 Å². The molecule has 0 aliphatic carbocycles. The maximum atomic E-state index is 11.7. The summed E-state index contributed by atoms with van der Waals surface area (Å²) in [6, 6.07) is 5.43. The molecule has 1 aromatic rings. The number of esters is 1. The number of ether oxygens (including phenoxy) is 1. The summed E-state index contributed by atoms with van der Waals surface area (Å²) in [5, 5.41) is 2.64. The van der Waals surface area contributed by atoms with Crippen LogP contribution in [0.2, 0.25) is 0 Å². The molecule has 0 radical (unpaired) electrons. The highest BCUT2D eigenvalue weighted by Crippen LogP contribution is 2.17. The summed E-state index contributed by atoms with van der Waals surface area (Å²) < 4.78 is 4.75. The van der Waals surface area contributed by atoms with E-state index >= 15 is 0 Å². The van der Waals surface area contributed by atoms with Crippen LogP contribution in [-0.2, 0) is 27.2 Å². The third kappa shape index (κ3) is 4.09. The Morgan fingerprint density at radius 2 is 2.05 bits per heavy atom. The predicted octanol–water partition coefficient (Wildman–Crippen LogP) is 1.78. The van der Waals surface area contributed by atoms with Crippen LogP contribution in [0.25, 0.3) is 0 Å². The summed E-state index contributed by atoms with van der Waals surface area (Å²) in [7, 11) is 1.33. The van der Waals surface area contributed by atoms with Crippen molar-refractivity contribution in [3.63, 3.8) is 0 Å². The molecule has 1 rings (SSSR count). The lowest BCUT2D eigenvalue weighted by atomic mass is 9.94. The van der Waals surface area contributed by atoms with E-state index in [0.29, 0.717) is 6.42 Å². The summed E-state index contributed by atoms with van der Waals surface area (Å²) in [4.78, 5) is 22.9. The van der Waals surface area contributed by atoms with Crippen LogP contribution in [0.5, 0.6) is 0 Å². The second-order valence-electron chi connectivity index (χ2n) is 4.55. The molecule has 4 nitrogen and oxygen atoms in total. The molecule has 19 heavy (non-hydrogen) atoms. The average Bonchev–Trinajstić information content (AvgIpc) is 2.38. The molecule has 0 unspecified atom stereocenters. The van der Waals surface area contributed by atoms with E-state index in [1.165, 1.54) is 19.6 Å². The van der Waals surface area contributed by atoms with E-state index in [1.807, 2.05) is 25.1 Å². The summed E-state index contributed by atoms with van der Waals surface area (Å²) in [6.45, 7) is 5.48. The molecule has 4 heteroatoms. The number of hydrogen-bond acceptors (Lipinski definition) is 3. The molecule has 1 amide bonds. The van der Waals surface area contributed by atoms with E-state index in [-0.39, 0.29) is 5.91 Å². The number of aryl methyl sites for hydroxylation is 2. The van der Waals surface area contributed by atoms with Crippen molar-refractivity contribution in [2.45, 2.75) is 39.7 Å². The SMILES string of the molecule is CCc1cccc(C)c1C[C@H](NC(C)=O)C(=O)OC. The smallest absolute Gasteiger partial charge is 0.328 e. The molecule has 104 valence electrons. The predicted molar refractivity (Wildman–Crippen MR) is 73.9 cm³/mol. The largest absolute Gasteiger partial charge is 0.467 e. The number of carbonyl (C=O) groups is 2. The van der Waals surface area contributed by atoms with Crippen molar-refractivity contribution in [1.29, 1.82) is 0 Å². The molecule has 1 N–H and O–H groups in total. The number of methoxy groups -OCH3 is 1. The first-order valence-electron chi connectivity index (χ1n) is 6.41. The zero-order valence-corrected chi connectivity index (χ0v) is 11.9. The Morgan fingerprint density at radius 1 is 1.37 bits per heavy atom. The highest BCUT2D eigenvalue weighted by molar-refractivity contribution is 5.83. The number of amides is 1. The van der Waals surface area contributed by atoms with Crippen LogP contribution in [0.4, 0.5) is 0 Å². The zero-order valence-electron chi connectivity index (χ0n) is 11.9. The first-order chi connectivity index (χ1) is 8.99. The van der Waals surface area contributed by atoms with Gasteiger partial charge in [0.25, 0.3) is 0 Å². The zero-order chi connectivity index (χ0) is 14.4. The van der Waals surface area contributed by atoms with Gasteiger partial charge in [-0.2, -0.15) is 0 Å². The molecular weight excluding hydrogens is 242 g/mol. The van der Waals surface area contributed by atoms with Gasteiger partial charge in [0.2, 0.25) is 5.91 Å². The van der Waals surface area contributed by atoms with Gasteiger partial charge >= 0.3 is 5.97 Å². The van der Waals surface area contributed by atoms with Gasteiger partial charge in [-0.05, 0) is 30.0 Å². The number of hydrogen-bond donors (Lipinski definition) is 1. The summed E-state index contributed by atoms with van der Waals surface area (Å²) >= 11 is 0. The lowest BCUT2D eigenvalue weighted by Gasteiger charge is -2.19. The fraction of sp³-hybridized carbons (Fsp3) is 0.467. The normalized spacial score (nSPS) is 11.8. The average molecular weight is 263 g/mol. The van der Waals surface area contributed by atoms with Crippen molar-refractivity contribution >= 4 is 11.9 Å². The van der Waals surface area contributed by atoms with Crippen LogP contribution in [0.15, 0.2) is 18.2 Å². The maximum absolute atomic E-state index is 11.7. The molecule has 0 bridgehead atoms. The highest BCUT2D eigenvalue weighted by Gasteiger charge is 2.22. The van der Waals surface area contributed by atoms with E-state index < -0.39 is 12.0 Å². The standard InChI is InChI=1S/C15H21NO3/c1-5-12-8-6-7-10(2)13(12)9-14(15(18)19-4)16-11(3)17/h6-8,14H,5,9H2,1-4H3,(H,16,17)/t14-/m0/s1. The fourth-order valence-corrected chi connectivity index (χ4v) is 2.17. The van der Waals surface area contributed by atoms with E-state index in [1.54, 1.807) is 0 Å². The summed E-state index contributed by atoms with van der Waals surface area (Å²) in [6.07, 6.45) is 1.35. The van der Waals surface area contributed by atoms with Crippen LogP contribution in [0.3, 0.4) is 0 Å². The molecule has 0 fully saturated rings. The molecule has 0 saturated carbocycles. The van der Waals surface area contributed by atoms with Gasteiger partial charge < -0.3 is 10.1 Å². The molecule has 0 aliphatic heterocycles. The van der Waals surface area contributed by atoms with Crippen LogP contribution >= 0.6 is 0 Å². The van der Waals surface area contributed by atoms with Crippen LogP contribution in [0, 0.1) is 6.92 Å². The van der Waals surface area contributed by atoms with Gasteiger partial charge in [0.15, 0.2) is 0 Å². The number of nitrogens with one attached hydrogen (secondary N) is 1. The monoisotopic (exact) mass is 263 g/mol. The molecular formula is C15H21NO3. The van der Waals surface area contributed by atoms with Crippen molar-refractivity contribution in [3.8, 4) is 0 Å². The molecule has 0 aliphatic rings. The molecule has 0 saturated heterocycles. The first kappa shape index (κ1) is 15.2. The van der Waals surface area contributed by atoms with Crippen LogP contribution in [0.1, 0.15) is 30.5 Å². The molecule has 0 heterocycles. The van der Waals surface area contributed by atoms with Crippen molar-refractivity contribution in [3.05, 3.63) is 34.9 Å². The summed E-state index contributed by atoms with van der Waals surface area (Å²) in [5.41, 5.74) is 3.42. The Labute approximate surface area is 114 Å². The van der Waals surface area contributed by atoms with Gasteiger partial charge in [-0.15, -0.1) is 0 Å². The second kappa shape index (κ2) is 6.92. The van der Waals surface area contributed by atoms with E-state index in [0.717, 1.165) is 17.5 Å². The van der Waals surface area contributed by atoms with Crippen molar-refractivity contribution < 1.29 is 14.3 Å². The molecule has 1 atom stereocenters. The van der Waals surface area contributed by atoms with Crippen LogP contribution < -0.4 is 5.32 Å². The number of carbonyl (C=O) groups excluding carboxylic acids is 2. The van der Waals surface area contributed by atoms with Gasteiger partial charge in [0, 0.05) is 13.3 Å². The Bertz CT molecular complexity index is 468. The minimum Gasteiger partial charge on any atom is -0.467 e. The van der Waals surface area contributed by atoms with Gasteiger partial charge in [-0.25, -0.2) is 4.79 Å². The highest BCUT2D eigenvalue weighted by atomic mass is 16.5. The fourth-order valence-electron chi connectivity index (χ4n) is 2.17. The van der Waals surface area contributed by atoms with Gasteiger partial charge in [0.1, 0.15) is 6.04 Å². The molecule has 1 aromatic carbocycles. The minimum atomic E-state index is -0.631. The second-order valence-corrected chi connectivity index (χ2v) is 4.55. The quantitative estimate of drug-likeness (QED) is 0.824. The summed E-state index contributed by atoms with van der Waals surface area (Å²) in [5.74, 6) is -0.650. The van der Waals surface area contributed by atoms with Crippen molar-refractivity contribution in [2.75, 3.05) is 7.11 Å². The van der Waals surface area contributed by atoms with Gasteiger partial charge in [-0.1, -0.05) is 25.1 Å².